The van der Waals surface area contributed by atoms with Crippen LogP contribution in [0.5, 0.6) is 0 Å². The minimum Gasteiger partial charge on any atom is -0.245 e. The Labute approximate surface area is 116 Å². The molecule has 0 nitrogen and oxygen atoms in total. The predicted octanol–water partition coefficient (Wildman–Crippen LogP) is 3.28. The molecule has 0 aliphatic rings. The van der Waals surface area contributed by atoms with Crippen LogP contribution in [-0.4, -0.2) is 0 Å². The quantitative estimate of drug-likeness (QED) is 0.596. The van der Waals surface area contributed by atoms with Crippen LogP contribution < -0.4 is 0 Å². The average molecular weight is 336 g/mol. The van der Waals surface area contributed by atoms with Gasteiger partial charge >= 0.3 is 0 Å². The first kappa shape index (κ1) is 42.1. The summed E-state index contributed by atoms with van der Waals surface area (Å²) >= 11 is 0. The fourth-order valence-corrected chi connectivity index (χ4v) is 0. The monoisotopic (exact) mass is 332 g/mol. The van der Waals surface area contributed by atoms with Crippen molar-refractivity contribution in [2.45, 2.75) is 0 Å². The molecule has 0 bridgehead atoms. The Kier molecular flexibility index (Phi) is 331. The van der Waals surface area contributed by atoms with Crippen LogP contribution in [0.4, 0.5) is 0 Å². The van der Waals surface area contributed by atoms with E-state index in [0.29, 0.717) is 0 Å². The molecule has 0 fully saturated rings. The number of rotatable bonds is 0. The van der Waals surface area contributed by atoms with Gasteiger partial charge in [0.15, 0.2) is 0 Å². The van der Waals surface area contributed by atoms with E-state index < -0.39 is 0 Å². The van der Waals surface area contributed by atoms with E-state index in [0.717, 1.165) is 0 Å². The van der Waals surface area contributed by atoms with Gasteiger partial charge < -0.3 is 0 Å². The molecule has 0 unspecified atom stereocenters. The first-order chi connectivity index (χ1) is 2.83. The van der Waals surface area contributed by atoms with E-state index in [4.69, 9.17) is 0 Å². The molecule has 0 spiro atoms. The molecule has 0 N–H and O–H groups in total. The van der Waals surface area contributed by atoms with Gasteiger partial charge in [0.1, 0.15) is 0 Å². The van der Waals surface area contributed by atoms with Crippen LogP contribution in [0.1, 0.15) is 0 Å². The summed E-state index contributed by atoms with van der Waals surface area (Å²) in [7, 11) is 0. The van der Waals surface area contributed by atoms with E-state index in [1.54, 1.807) is 0 Å². The fourth-order valence-electron chi connectivity index (χ4n) is 0. The standard InChI is InChI=1S/2C3H5.3ClH.Nd/c2*1-3-2;;;;/h2*3H,1-2H2;3*1H;/q2*-1;;;;. The van der Waals surface area contributed by atoms with Crippen molar-refractivity contribution in [3.05, 3.63) is 39.2 Å². The number of halogens is 3. The molecule has 0 radical (unpaired) electrons. The van der Waals surface area contributed by atoms with Gasteiger partial charge in [-0.05, 0) is 0 Å². The summed E-state index contributed by atoms with van der Waals surface area (Å²) < 4.78 is 0. The van der Waals surface area contributed by atoms with E-state index >= 15 is 0 Å². The summed E-state index contributed by atoms with van der Waals surface area (Å²) in [6, 6.07) is 0. The second-order valence-corrected chi connectivity index (χ2v) is 0.577. The summed E-state index contributed by atoms with van der Waals surface area (Å²) in [5.41, 5.74) is 0. The van der Waals surface area contributed by atoms with Crippen LogP contribution in [0.15, 0.2) is 25.3 Å². The molecular formula is C6H13Cl3Nd-2. The summed E-state index contributed by atoms with van der Waals surface area (Å²) in [5, 5.41) is 0. The predicted molar refractivity (Wildman–Crippen MR) is 52.9 cm³/mol. The molecule has 0 aromatic carbocycles. The maximum absolute atomic E-state index is 3.25. The number of allylic oxidation sites excluding steroid dienone is 2. The first-order valence-corrected chi connectivity index (χ1v) is 1.63. The molecule has 64 valence electrons. The van der Waals surface area contributed by atoms with Crippen LogP contribution in [0, 0.1) is 54.7 Å². The van der Waals surface area contributed by atoms with Gasteiger partial charge in [-0.25, -0.2) is 39.2 Å². The van der Waals surface area contributed by atoms with Crippen LogP contribution >= 0.6 is 37.2 Å². The van der Waals surface area contributed by atoms with E-state index in [2.05, 4.69) is 27.0 Å². The molecule has 0 aliphatic carbocycles. The molecule has 4 heteroatoms. The van der Waals surface area contributed by atoms with E-state index in [-0.39, 0.29) is 78.1 Å². The molecule has 0 heterocycles. The van der Waals surface area contributed by atoms with Crippen molar-refractivity contribution in [3.8, 4) is 0 Å². The van der Waals surface area contributed by atoms with Crippen molar-refractivity contribution in [2.24, 2.45) is 0 Å². The van der Waals surface area contributed by atoms with E-state index in [1.807, 2.05) is 0 Å². The Morgan fingerprint density at radius 3 is 0.800 bits per heavy atom. The molecule has 0 aromatic heterocycles. The van der Waals surface area contributed by atoms with Gasteiger partial charge in [0.25, 0.3) is 0 Å². The average Bonchev–Trinajstić information content (AvgIpc) is 1.39. The fraction of sp³-hybridized carbons (Fsp3) is 0. The molecular weight excluding hydrogens is 323 g/mol. The zero-order valence-electron chi connectivity index (χ0n) is 5.71. The normalized spacial score (nSPS) is 2.40. The smallest absolute Gasteiger partial charge is 0 e. The van der Waals surface area contributed by atoms with Crippen molar-refractivity contribution < 1.29 is 40.8 Å². The molecule has 0 saturated heterocycles. The molecule has 0 saturated carbocycles. The summed E-state index contributed by atoms with van der Waals surface area (Å²) in [6.07, 6.45) is 3.00. The molecule has 0 rings (SSSR count). The van der Waals surface area contributed by atoms with Gasteiger partial charge in [-0.3, -0.25) is 0 Å². The van der Waals surface area contributed by atoms with Crippen LogP contribution in [0.3, 0.4) is 0 Å². The van der Waals surface area contributed by atoms with Gasteiger partial charge in [-0.15, -0.1) is 37.2 Å². The number of hydrogen-bond donors (Lipinski definition) is 0. The van der Waals surface area contributed by atoms with Crippen LogP contribution in [0.25, 0.3) is 0 Å². The second kappa shape index (κ2) is 78.6. The van der Waals surface area contributed by atoms with Gasteiger partial charge in [-0.1, -0.05) is 0 Å². The van der Waals surface area contributed by atoms with Gasteiger partial charge in [0.05, 0.1) is 0 Å². The minimum atomic E-state index is 0. The van der Waals surface area contributed by atoms with E-state index in [9.17, 15) is 0 Å². The summed E-state index contributed by atoms with van der Waals surface area (Å²) in [4.78, 5) is 0. The molecule has 0 atom stereocenters. The van der Waals surface area contributed by atoms with Gasteiger partial charge in [0, 0.05) is 40.8 Å². The maximum Gasteiger partial charge on any atom is 0 e. The third-order valence-electron chi connectivity index (χ3n) is 0. The Morgan fingerprint density at radius 1 is 0.800 bits per heavy atom. The Balaban J connectivity index is -0.00000000571. The minimum absolute atomic E-state index is 0. The zero-order valence-corrected chi connectivity index (χ0v) is 11.4. The summed E-state index contributed by atoms with van der Waals surface area (Å²) in [5.74, 6) is 0. The van der Waals surface area contributed by atoms with Crippen LogP contribution in [-0.2, 0) is 0 Å². The number of hydrogen-bond acceptors (Lipinski definition) is 0. The largest absolute Gasteiger partial charge is 0.245 e. The van der Waals surface area contributed by atoms with Crippen molar-refractivity contribution in [3.63, 3.8) is 0 Å². The third kappa shape index (κ3) is 324. The third-order valence-corrected chi connectivity index (χ3v) is 0. The van der Waals surface area contributed by atoms with Gasteiger partial charge in [-0.2, -0.15) is 0 Å². The summed E-state index contributed by atoms with van der Waals surface area (Å²) in [6.45, 7) is 13.0. The Morgan fingerprint density at radius 2 is 0.800 bits per heavy atom. The molecule has 0 amide bonds. The van der Waals surface area contributed by atoms with Gasteiger partial charge in [0.2, 0.25) is 0 Å². The Hall–Kier alpha value is 1.44. The van der Waals surface area contributed by atoms with Crippen LogP contribution in [0.2, 0.25) is 0 Å². The SMILES string of the molecule is C=C[CH2-].C=C[CH2-].Cl.Cl.Cl.[Nd]. The molecule has 0 aliphatic heterocycles. The maximum atomic E-state index is 3.25. The second-order valence-electron chi connectivity index (χ2n) is 0.577. The molecule has 0 aromatic rings. The Bertz CT molecular complexity index is 34.0. The van der Waals surface area contributed by atoms with Crippen molar-refractivity contribution >= 4 is 37.2 Å². The van der Waals surface area contributed by atoms with Crippen molar-refractivity contribution in [2.75, 3.05) is 0 Å². The van der Waals surface area contributed by atoms with Crippen molar-refractivity contribution in [1.82, 2.24) is 0 Å². The first-order valence-electron chi connectivity index (χ1n) is 1.63. The topological polar surface area (TPSA) is 0 Å². The van der Waals surface area contributed by atoms with E-state index in [1.165, 1.54) is 12.2 Å². The van der Waals surface area contributed by atoms with Crippen molar-refractivity contribution in [1.29, 1.82) is 0 Å². The molecule has 10 heavy (non-hydrogen) atoms. The zero-order chi connectivity index (χ0) is 5.41.